The van der Waals surface area contributed by atoms with Crippen LogP contribution in [0.15, 0.2) is 24.3 Å². The molecule has 5 nitrogen and oxygen atoms in total. The molecule has 1 rings (SSSR count). The van der Waals surface area contributed by atoms with Crippen molar-refractivity contribution in [2.24, 2.45) is 5.84 Å². The molecule has 1 aromatic rings. The van der Waals surface area contributed by atoms with E-state index in [2.05, 4.69) is 15.5 Å². The Morgan fingerprint density at radius 3 is 2.42 bits per heavy atom. The number of hydrogen-bond donors (Lipinski definition) is 3. The highest BCUT2D eigenvalue weighted by Crippen LogP contribution is 2.14. The Kier molecular flexibility index (Phi) is 5.58. The van der Waals surface area contributed by atoms with Gasteiger partial charge in [-0.2, -0.15) is 13.2 Å². The fraction of sp³-hybridized carbons (Fsp3) is 0.364. The lowest BCUT2D eigenvalue weighted by molar-refractivity contribution is -0.173. The van der Waals surface area contributed by atoms with Gasteiger partial charge in [0.05, 0.1) is 6.61 Å². The summed E-state index contributed by atoms with van der Waals surface area (Å²) in [6, 6.07) is 6.30. The third kappa shape index (κ3) is 6.07. The Bertz CT molecular complexity index is 407. The van der Waals surface area contributed by atoms with Gasteiger partial charge in [0.1, 0.15) is 6.61 Å². The van der Waals surface area contributed by atoms with Crippen LogP contribution in [0.4, 0.5) is 18.9 Å². The van der Waals surface area contributed by atoms with Crippen molar-refractivity contribution < 1.29 is 22.7 Å². The first kappa shape index (κ1) is 15.3. The van der Waals surface area contributed by atoms with Gasteiger partial charge in [0.15, 0.2) is 0 Å². The first-order chi connectivity index (χ1) is 8.92. The quantitative estimate of drug-likeness (QED) is 0.416. The molecule has 1 amide bonds. The van der Waals surface area contributed by atoms with Gasteiger partial charge in [-0.25, -0.2) is 0 Å². The lowest BCUT2D eigenvalue weighted by atomic mass is 10.2. The van der Waals surface area contributed by atoms with Gasteiger partial charge < -0.3 is 15.5 Å². The van der Waals surface area contributed by atoms with Gasteiger partial charge in [-0.1, -0.05) is 0 Å². The first-order valence-electron chi connectivity index (χ1n) is 5.42. The van der Waals surface area contributed by atoms with Crippen LogP contribution < -0.4 is 16.6 Å². The average Bonchev–Trinajstić information content (AvgIpc) is 2.37. The SMILES string of the molecule is NNc1ccc(C(=O)NCCOCC(F)(F)F)cc1. The molecule has 106 valence electrons. The normalized spacial score (nSPS) is 11.2. The number of nitrogen functional groups attached to an aromatic ring is 1. The molecular weight excluding hydrogens is 263 g/mol. The van der Waals surface area contributed by atoms with Crippen molar-refractivity contribution in [1.29, 1.82) is 0 Å². The number of benzene rings is 1. The number of carbonyl (C=O) groups is 1. The summed E-state index contributed by atoms with van der Waals surface area (Å²) in [6.45, 7) is -1.51. The third-order valence-corrected chi connectivity index (χ3v) is 2.11. The zero-order chi connectivity index (χ0) is 14.3. The monoisotopic (exact) mass is 277 g/mol. The molecule has 0 saturated heterocycles. The van der Waals surface area contributed by atoms with Crippen LogP contribution in [0, 0.1) is 0 Å². The molecule has 19 heavy (non-hydrogen) atoms. The van der Waals surface area contributed by atoms with Crippen molar-refractivity contribution in [1.82, 2.24) is 5.32 Å². The largest absolute Gasteiger partial charge is 0.411 e. The van der Waals surface area contributed by atoms with Crippen LogP contribution in [0.5, 0.6) is 0 Å². The van der Waals surface area contributed by atoms with E-state index in [1.807, 2.05) is 0 Å². The highest BCUT2D eigenvalue weighted by atomic mass is 19.4. The number of halogens is 3. The molecule has 0 fully saturated rings. The summed E-state index contributed by atoms with van der Waals surface area (Å²) in [5, 5.41) is 2.44. The second-order valence-corrected chi connectivity index (χ2v) is 3.65. The molecule has 0 aliphatic heterocycles. The Morgan fingerprint density at radius 1 is 1.26 bits per heavy atom. The minimum atomic E-state index is -4.35. The molecule has 0 bridgehead atoms. The smallest absolute Gasteiger partial charge is 0.370 e. The summed E-state index contributed by atoms with van der Waals surface area (Å²) < 4.78 is 39.6. The highest BCUT2D eigenvalue weighted by molar-refractivity contribution is 5.94. The summed E-state index contributed by atoms with van der Waals surface area (Å²) in [5.41, 5.74) is 3.44. The molecule has 0 aromatic heterocycles. The van der Waals surface area contributed by atoms with Crippen LogP contribution in [-0.4, -0.2) is 31.8 Å². The summed E-state index contributed by atoms with van der Waals surface area (Å²) in [6.07, 6.45) is -4.35. The summed E-state index contributed by atoms with van der Waals surface area (Å²) in [5.74, 6) is 4.78. The van der Waals surface area contributed by atoms with E-state index in [0.717, 1.165) is 0 Å². The number of rotatable bonds is 6. The number of anilines is 1. The number of amides is 1. The lowest BCUT2D eigenvalue weighted by Gasteiger charge is -2.08. The molecule has 0 radical (unpaired) electrons. The number of hydrazine groups is 1. The van der Waals surface area contributed by atoms with Gasteiger partial charge in [-0.3, -0.25) is 10.6 Å². The number of alkyl halides is 3. The molecule has 0 saturated carbocycles. The molecule has 4 N–H and O–H groups in total. The maximum absolute atomic E-state index is 11.7. The van der Waals surface area contributed by atoms with Crippen molar-refractivity contribution in [3.05, 3.63) is 29.8 Å². The number of nitrogens with one attached hydrogen (secondary N) is 2. The van der Waals surface area contributed by atoms with E-state index in [1.165, 1.54) is 0 Å². The van der Waals surface area contributed by atoms with E-state index in [0.29, 0.717) is 11.3 Å². The maximum atomic E-state index is 11.7. The van der Waals surface area contributed by atoms with Gasteiger partial charge in [0.2, 0.25) is 0 Å². The standard InChI is InChI=1S/C11H14F3N3O2/c12-11(13,14)7-19-6-5-16-10(18)8-1-3-9(17-15)4-2-8/h1-4,17H,5-7,15H2,(H,16,18). The second kappa shape index (κ2) is 6.95. The van der Waals surface area contributed by atoms with Crippen LogP contribution in [0.2, 0.25) is 0 Å². The molecule has 0 heterocycles. The molecular formula is C11H14F3N3O2. The number of hydrogen-bond acceptors (Lipinski definition) is 4. The number of carbonyl (C=O) groups excluding carboxylic acids is 1. The molecule has 8 heteroatoms. The van der Waals surface area contributed by atoms with Crippen molar-refractivity contribution in [3.8, 4) is 0 Å². The van der Waals surface area contributed by atoms with Crippen molar-refractivity contribution in [3.63, 3.8) is 0 Å². The molecule has 0 aliphatic rings. The lowest BCUT2D eigenvalue weighted by Crippen LogP contribution is -2.28. The molecule has 0 aliphatic carbocycles. The Balaban J connectivity index is 2.27. The number of nitrogens with two attached hydrogens (primary N) is 1. The van der Waals surface area contributed by atoms with E-state index < -0.39 is 12.8 Å². The van der Waals surface area contributed by atoms with Gasteiger partial charge in [-0.15, -0.1) is 0 Å². The van der Waals surface area contributed by atoms with Gasteiger partial charge in [0, 0.05) is 17.8 Å². The van der Waals surface area contributed by atoms with Crippen LogP contribution in [0.3, 0.4) is 0 Å². The fourth-order valence-electron chi connectivity index (χ4n) is 1.24. The van der Waals surface area contributed by atoms with E-state index in [1.54, 1.807) is 24.3 Å². The summed E-state index contributed by atoms with van der Waals surface area (Å²) >= 11 is 0. The molecule has 0 atom stereocenters. The summed E-state index contributed by atoms with van der Waals surface area (Å²) in [4.78, 5) is 11.6. The van der Waals surface area contributed by atoms with E-state index in [-0.39, 0.29) is 19.1 Å². The van der Waals surface area contributed by atoms with Crippen LogP contribution in [0.1, 0.15) is 10.4 Å². The average molecular weight is 277 g/mol. The van der Waals surface area contributed by atoms with E-state index >= 15 is 0 Å². The fourth-order valence-corrected chi connectivity index (χ4v) is 1.24. The van der Waals surface area contributed by atoms with Crippen molar-refractivity contribution in [2.45, 2.75) is 6.18 Å². The van der Waals surface area contributed by atoms with Crippen molar-refractivity contribution >= 4 is 11.6 Å². The Morgan fingerprint density at radius 2 is 1.89 bits per heavy atom. The van der Waals surface area contributed by atoms with E-state index in [4.69, 9.17) is 5.84 Å². The third-order valence-electron chi connectivity index (χ3n) is 2.11. The van der Waals surface area contributed by atoms with Gasteiger partial charge in [-0.05, 0) is 24.3 Å². The zero-order valence-corrected chi connectivity index (χ0v) is 9.96. The molecule has 1 aromatic carbocycles. The minimum Gasteiger partial charge on any atom is -0.370 e. The van der Waals surface area contributed by atoms with Crippen molar-refractivity contribution in [2.75, 3.05) is 25.2 Å². The van der Waals surface area contributed by atoms with E-state index in [9.17, 15) is 18.0 Å². The van der Waals surface area contributed by atoms with Gasteiger partial charge in [0.25, 0.3) is 5.91 Å². The Labute approximate surface area is 107 Å². The topological polar surface area (TPSA) is 76.4 Å². The molecule has 0 unspecified atom stereocenters. The minimum absolute atomic E-state index is 0.00576. The predicted molar refractivity (Wildman–Crippen MR) is 63.5 cm³/mol. The van der Waals surface area contributed by atoms with Crippen LogP contribution in [0.25, 0.3) is 0 Å². The molecule has 0 spiro atoms. The zero-order valence-electron chi connectivity index (χ0n) is 9.96. The Hall–Kier alpha value is -1.80. The van der Waals surface area contributed by atoms with Crippen LogP contribution in [-0.2, 0) is 4.74 Å². The highest BCUT2D eigenvalue weighted by Gasteiger charge is 2.27. The van der Waals surface area contributed by atoms with Gasteiger partial charge >= 0.3 is 6.18 Å². The maximum Gasteiger partial charge on any atom is 0.411 e. The second-order valence-electron chi connectivity index (χ2n) is 3.65. The predicted octanol–water partition coefficient (Wildman–Crippen LogP) is 1.28. The first-order valence-corrected chi connectivity index (χ1v) is 5.42. The summed E-state index contributed by atoms with van der Waals surface area (Å²) in [7, 11) is 0. The number of ether oxygens (including phenoxy) is 1. The van der Waals surface area contributed by atoms with Crippen LogP contribution >= 0.6 is 0 Å².